The van der Waals surface area contributed by atoms with Crippen LogP contribution in [-0.4, -0.2) is 63.8 Å². The minimum atomic E-state index is -0.408. The van der Waals surface area contributed by atoms with Gasteiger partial charge in [0, 0.05) is 57.5 Å². The first-order valence-electron chi connectivity index (χ1n) is 11.2. The molecule has 5 rings (SSSR count). The first-order chi connectivity index (χ1) is 15.1. The Morgan fingerprint density at radius 3 is 2.61 bits per heavy atom. The van der Waals surface area contributed by atoms with Crippen molar-refractivity contribution in [1.82, 2.24) is 19.8 Å². The highest BCUT2D eigenvalue weighted by atomic mass is 16.2. The van der Waals surface area contributed by atoms with Crippen molar-refractivity contribution in [3.05, 3.63) is 54.4 Å². The van der Waals surface area contributed by atoms with Crippen LogP contribution in [0, 0.1) is 11.8 Å². The van der Waals surface area contributed by atoms with Gasteiger partial charge in [-0.1, -0.05) is 30.3 Å². The van der Waals surface area contributed by atoms with Gasteiger partial charge in [0.25, 0.3) is 0 Å². The molecule has 2 aromatic rings. The molecule has 0 aliphatic carbocycles. The number of hydrogen-bond acceptors (Lipinski definition) is 5. The van der Waals surface area contributed by atoms with Crippen molar-refractivity contribution in [2.45, 2.75) is 44.3 Å². The van der Waals surface area contributed by atoms with E-state index in [1.165, 1.54) is 0 Å². The molecule has 0 N–H and O–H groups in total. The molecule has 2 bridgehead atoms. The van der Waals surface area contributed by atoms with Gasteiger partial charge in [-0.15, -0.1) is 0 Å². The second-order valence-corrected chi connectivity index (χ2v) is 9.09. The smallest absolute Gasteiger partial charge is 0.245 e. The van der Waals surface area contributed by atoms with Gasteiger partial charge in [-0.2, -0.15) is 0 Å². The number of hydrogen-bond donors (Lipinski definition) is 0. The summed E-state index contributed by atoms with van der Waals surface area (Å²) < 4.78 is 0. The van der Waals surface area contributed by atoms with Gasteiger partial charge >= 0.3 is 0 Å². The number of piperidine rings is 3. The van der Waals surface area contributed by atoms with E-state index in [0.717, 1.165) is 37.3 Å². The zero-order valence-corrected chi connectivity index (χ0v) is 17.9. The predicted octanol–water partition coefficient (Wildman–Crippen LogP) is 2.34. The Kier molecular flexibility index (Phi) is 5.34. The monoisotopic (exact) mass is 419 g/mol. The number of fused-ring (bicyclic) bond motifs is 4. The average Bonchev–Trinajstić information content (AvgIpc) is 2.80. The molecular formula is C24H29N5O2. The molecule has 2 amide bonds. The summed E-state index contributed by atoms with van der Waals surface area (Å²) in [6, 6.07) is 11.6. The lowest BCUT2D eigenvalue weighted by Gasteiger charge is -2.56. The number of anilines is 1. The van der Waals surface area contributed by atoms with E-state index in [1.54, 1.807) is 17.3 Å². The van der Waals surface area contributed by atoms with Crippen molar-refractivity contribution in [2.75, 3.05) is 25.0 Å². The number of carbonyl (C=O) groups excluding carboxylic acids is 2. The number of likely N-dealkylation sites (N-methyl/N-ethyl adjacent to an activating group) is 1. The van der Waals surface area contributed by atoms with E-state index in [-0.39, 0.29) is 23.8 Å². The van der Waals surface area contributed by atoms with Crippen LogP contribution < -0.4 is 4.90 Å². The van der Waals surface area contributed by atoms with Crippen LogP contribution >= 0.6 is 0 Å². The van der Waals surface area contributed by atoms with E-state index in [0.29, 0.717) is 25.4 Å². The number of rotatable bonds is 4. The third-order valence-corrected chi connectivity index (χ3v) is 7.07. The molecule has 162 valence electrons. The first-order valence-corrected chi connectivity index (χ1v) is 11.2. The summed E-state index contributed by atoms with van der Waals surface area (Å²) in [6.45, 7) is 2.09. The van der Waals surface area contributed by atoms with Gasteiger partial charge in [0.2, 0.25) is 17.8 Å². The molecule has 0 spiro atoms. The molecule has 0 radical (unpaired) electrons. The molecule has 0 unspecified atom stereocenters. The standard InChI is InChI=1S/C24H29N5O2/c1-27(14-17-7-3-2-4-8-17)23(31)22-19-13-18(20-9-5-10-21(30)29(20)22)15-28(16-19)24-25-11-6-12-26-24/h2-4,6-8,11-12,18-20,22H,5,9-10,13-16H2,1H3/t18-,19+,20-,22+/m0/s1. The molecule has 31 heavy (non-hydrogen) atoms. The van der Waals surface area contributed by atoms with Crippen molar-refractivity contribution >= 4 is 17.8 Å². The van der Waals surface area contributed by atoms with E-state index in [1.807, 2.05) is 48.3 Å². The number of nitrogens with zero attached hydrogens (tertiary/aromatic N) is 5. The van der Waals surface area contributed by atoms with E-state index in [4.69, 9.17) is 0 Å². The lowest BCUT2D eigenvalue weighted by molar-refractivity contribution is -0.160. The van der Waals surface area contributed by atoms with Crippen LogP contribution in [0.25, 0.3) is 0 Å². The number of carbonyl (C=O) groups is 2. The Balaban J connectivity index is 1.43. The van der Waals surface area contributed by atoms with Crippen LogP contribution in [0.4, 0.5) is 5.95 Å². The van der Waals surface area contributed by atoms with Crippen LogP contribution in [0.15, 0.2) is 48.8 Å². The normalized spacial score (nSPS) is 27.6. The molecule has 7 nitrogen and oxygen atoms in total. The lowest BCUT2D eigenvalue weighted by Crippen LogP contribution is -2.68. The number of benzene rings is 1. The highest BCUT2D eigenvalue weighted by molar-refractivity contribution is 5.89. The summed E-state index contributed by atoms with van der Waals surface area (Å²) in [7, 11) is 1.85. The Labute approximate surface area is 183 Å². The van der Waals surface area contributed by atoms with Gasteiger partial charge in [-0.05, 0) is 36.8 Å². The average molecular weight is 420 g/mol. The second-order valence-electron chi connectivity index (χ2n) is 9.09. The van der Waals surface area contributed by atoms with Crippen molar-refractivity contribution in [1.29, 1.82) is 0 Å². The minimum absolute atomic E-state index is 0.0448. The van der Waals surface area contributed by atoms with Gasteiger partial charge in [-0.3, -0.25) is 9.59 Å². The molecule has 4 heterocycles. The van der Waals surface area contributed by atoms with E-state index in [9.17, 15) is 9.59 Å². The largest absolute Gasteiger partial charge is 0.340 e. The zero-order chi connectivity index (χ0) is 21.4. The summed E-state index contributed by atoms with van der Waals surface area (Å²) in [5, 5.41) is 0. The van der Waals surface area contributed by atoms with Crippen LogP contribution in [0.5, 0.6) is 0 Å². The van der Waals surface area contributed by atoms with Gasteiger partial charge < -0.3 is 14.7 Å². The summed E-state index contributed by atoms with van der Waals surface area (Å²) in [5.41, 5.74) is 1.09. The molecule has 3 aliphatic rings. The third kappa shape index (κ3) is 3.77. The highest BCUT2D eigenvalue weighted by Crippen LogP contribution is 2.42. The van der Waals surface area contributed by atoms with Crippen LogP contribution in [0.1, 0.15) is 31.2 Å². The Bertz CT molecular complexity index is 938. The minimum Gasteiger partial charge on any atom is -0.340 e. The fraction of sp³-hybridized carbons (Fsp3) is 0.500. The lowest BCUT2D eigenvalue weighted by atomic mass is 9.71. The maximum atomic E-state index is 13.7. The van der Waals surface area contributed by atoms with Crippen molar-refractivity contribution in [3.8, 4) is 0 Å². The number of aromatic nitrogens is 2. The number of amides is 2. The van der Waals surface area contributed by atoms with Crippen LogP contribution in [0.2, 0.25) is 0 Å². The van der Waals surface area contributed by atoms with E-state index < -0.39 is 6.04 Å². The SMILES string of the molecule is CN(Cc1ccccc1)C(=O)[C@H]1[C@@H]2C[C@@H](CN(c3ncccn3)C2)[C@@H]2CCCC(=O)N21. The van der Waals surface area contributed by atoms with Crippen LogP contribution in [0.3, 0.4) is 0 Å². The zero-order valence-electron chi connectivity index (χ0n) is 17.9. The molecule has 1 aromatic carbocycles. The molecular weight excluding hydrogens is 390 g/mol. The molecule has 3 saturated heterocycles. The van der Waals surface area contributed by atoms with Crippen LogP contribution in [-0.2, 0) is 16.1 Å². The summed E-state index contributed by atoms with van der Waals surface area (Å²) in [5.74, 6) is 1.35. The van der Waals surface area contributed by atoms with Gasteiger partial charge in [0.05, 0.1) is 0 Å². The fourth-order valence-electron chi connectivity index (χ4n) is 5.75. The van der Waals surface area contributed by atoms with Gasteiger partial charge in [0.1, 0.15) is 6.04 Å². The Morgan fingerprint density at radius 2 is 1.84 bits per heavy atom. The fourth-order valence-corrected chi connectivity index (χ4v) is 5.75. The molecule has 0 saturated carbocycles. The maximum absolute atomic E-state index is 13.7. The summed E-state index contributed by atoms with van der Waals surface area (Å²) >= 11 is 0. The quantitative estimate of drug-likeness (QED) is 0.761. The van der Waals surface area contributed by atoms with E-state index in [2.05, 4.69) is 14.9 Å². The van der Waals surface area contributed by atoms with E-state index >= 15 is 0 Å². The molecule has 4 atom stereocenters. The summed E-state index contributed by atoms with van der Waals surface area (Å²) in [4.78, 5) is 41.6. The molecule has 1 aromatic heterocycles. The second kappa shape index (κ2) is 8.29. The van der Waals surface area contributed by atoms with Crippen molar-refractivity contribution in [3.63, 3.8) is 0 Å². The van der Waals surface area contributed by atoms with Crippen molar-refractivity contribution < 1.29 is 9.59 Å². The van der Waals surface area contributed by atoms with Crippen molar-refractivity contribution in [2.24, 2.45) is 11.8 Å². The van der Waals surface area contributed by atoms with Gasteiger partial charge in [0.15, 0.2) is 0 Å². The Hall–Kier alpha value is -2.96. The molecule has 3 aliphatic heterocycles. The maximum Gasteiger partial charge on any atom is 0.245 e. The molecule has 3 fully saturated rings. The first kappa shape index (κ1) is 20.0. The highest BCUT2D eigenvalue weighted by Gasteiger charge is 2.52. The topological polar surface area (TPSA) is 69.6 Å². The molecule has 7 heteroatoms. The Morgan fingerprint density at radius 1 is 1.10 bits per heavy atom. The summed E-state index contributed by atoms with van der Waals surface area (Å²) in [6.07, 6.45) is 6.93. The van der Waals surface area contributed by atoms with Gasteiger partial charge in [-0.25, -0.2) is 9.97 Å². The predicted molar refractivity (Wildman–Crippen MR) is 117 cm³/mol. The third-order valence-electron chi connectivity index (χ3n) is 7.07.